The lowest BCUT2D eigenvalue weighted by Gasteiger charge is -2.12. The normalized spacial score (nSPS) is 12.5. The molecule has 0 bridgehead atoms. The second-order valence-corrected chi connectivity index (χ2v) is 4.88. The number of rotatable bonds is 4. The highest BCUT2D eigenvalue weighted by Gasteiger charge is 2.18. The molecule has 0 atom stereocenters. The van der Waals surface area contributed by atoms with Crippen LogP contribution in [0.1, 0.15) is 11.1 Å². The summed E-state index contributed by atoms with van der Waals surface area (Å²) < 4.78 is 29.9. The first-order chi connectivity index (χ1) is 10.2. The molecule has 0 aliphatic carbocycles. The molecule has 3 rings (SSSR count). The Kier molecular flexibility index (Phi) is 3.86. The lowest BCUT2D eigenvalue weighted by atomic mass is 10.2. The standard InChI is InChI=1S/C15H12ClFO4/c16-11-3-1-2-9(15(11)17)7-19-12-5-14-13(20-8-21-14)4-10(12)6-18/h1-5,18H,6-8H2. The molecule has 0 amide bonds. The number of hydrogen-bond acceptors (Lipinski definition) is 4. The quantitative estimate of drug-likeness (QED) is 0.941. The van der Waals surface area contributed by atoms with Crippen molar-refractivity contribution < 1.29 is 23.7 Å². The zero-order chi connectivity index (χ0) is 14.8. The van der Waals surface area contributed by atoms with Crippen LogP contribution in [0.5, 0.6) is 17.2 Å². The maximum Gasteiger partial charge on any atom is 0.231 e. The molecule has 1 aliphatic heterocycles. The van der Waals surface area contributed by atoms with Crippen LogP contribution in [0.3, 0.4) is 0 Å². The molecule has 6 heteroatoms. The van der Waals surface area contributed by atoms with Crippen molar-refractivity contribution in [3.8, 4) is 17.2 Å². The molecule has 0 fully saturated rings. The minimum Gasteiger partial charge on any atom is -0.488 e. The van der Waals surface area contributed by atoms with E-state index in [4.69, 9.17) is 25.8 Å². The summed E-state index contributed by atoms with van der Waals surface area (Å²) in [5, 5.41) is 9.42. The Hall–Kier alpha value is -1.98. The molecule has 0 unspecified atom stereocenters. The van der Waals surface area contributed by atoms with Crippen LogP contribution in [0.4, 0.5) is 4.39 Å². The highest BCUT2D eigenvalue weighted by Crippen LogP contribution is 2.38. The van der Waals surface area contributed by atoms with Crippen molar-refractivity contribution in [1.82, 2.24) is 0 Å². The molecule has 0 aromatic heterocycles. The Balaban J connectivity index is 1.83. The van der Waals surface area contributed by atoms with E-state index in [1.165, 1.54) is 6.07 Å². The van der Waals surface area contributed by atoms with Crippen LogP contribution in [0, 0.1) is 5.82 Å². The Morgan fingerprint density at radius 2 is 1.95 bits per heavy atom. The number of ether oxygens (including phenoxy) is 3. The van der Waals surface area contributed by atoms with Gasteiger partial charge in [-0.25, -0.2) is 4.39 Å². The van der Waals surface area contributed by atoms with Gasteiger partial charge in [0.15, 0.2) is 11.5 Å². The highest BCUT2D eigenvalue weighted by atomic mass is 35.5. The second-order valence-electron chi connectivity index (χ2n) is 4.47. The molecule has 4 nitrogen and oxygen atoms in total. The van der Waals surface area contributed by atoms with Gasteiger partial charge >= 0.3 is 0 Å². The molecule has 21 heavy (non-hydrogen) atoms. The second kappa shape index (κ2) is 5.79. The fourth-order valence-corrected chi connectivity index (χ4v) is 2.23. The van der Waals surface area contributed by atoms with Gasteiger partial charge in [0.25, 0.3) is 0 Å². The molecule has 2 aromatic carbocycles. The van der Waals surface area contributed by atoms with Gasteiger partial charge in [0.1, 0.15) is 18.2 Å². The zero-order valence-corrected chi connectivity index (χ0v) is 11.7. The number of benzene rings is 2. The van der Waals surface area contributed by atoms with Crippen molar-refractivity contribution in [2.75, 3.05) is 6.79 Å². The van der Waals surface area contributed by atoms with Crippen molar-refractivity contribution in [3.05, 3.63) is 52.3 Å². The average Bonchev–Trinajstić information content (AvgIpc) is 2.95. The van der Waals surface area contributed by atoms with Crippen LogP contribution in [0.2, 0.25) is 5.02 Å². The van der Waals surface area contributed by atoms with E-state index in [2.05, 4.69) is 0 Å². The van der Waals surface area contributed by atoms with Crippen molar-refractivity contribution >= 4 is 11.6 Å². The Morgan fingerprint density at radius 1 is 1.19 bits per heavy atom. The molecule has 2 aromatic rings. The number of aliphatic hydroxyl groups excluding tert-OH is 1. The molecular weight excluding hydrogens is 299 g/mol. The fraction of sp³-hybridized carbons (Fsp3) is 0.200. The molecule has 0 spiro atoms. The lowest BCUT2D eigenvalue weighted by molar-refractivity contribution is 0.173. The van der Waals surface area contributed by atoms with E-state index in [1.807, 2.05) is 0 Å². The first-order valence-corrected chi connectivity index (χ1v) is 6.66. The number of hydrogen-bond donors (Lipinski definition) is 1. The maximum absolute atomic E-state index is 13.8. The first kappa shape index (κ1) is 14.0. The smallest absolute Gasteiger partial charge is 0.231 e. The minimum atomic E-state index is -0.509. The maximum atomic E-state index is 13.8. The summed E-state index contributed by atoms with van der Waals surface area (Å²) in [6, 6.07) is 7.98. The Bertz CT molecular complexity index is 675. The minimum absolute atomic E-state index is 0.000955. The topological polar surface area (TPSA) is 47.9 Å². The number of aliphatic hydroxyl groups is 1. The summed E-state index contributed by atoms with van der Waals surface area (Å²) in [6.07, 6.45) is 0. The monoisotopic (exact) mass is 310 g/mol. The van der Waals surface area contributed by atoms with E-state index in [0.29, 0.717) is 28.4 Å². The summed E-state index contributed by atoms with van der Waals surface area (Å²) in [5.74, 6) is 1.00. The molecule has 0 saturated heterocycles. The third kappa shape index (κ3) is 2.75. The summed E-state index contributed by atoms with van der Waals surface area (Å²) in [7, 11) is 0. The highest BCUT2D eigenvalue weighted by molar-refractivity contribution is 6.30. The fourth-order valence-electron chi connectivity index (χ4n) is 2.04. The molecule has 1 aliphatic rings. The van der Waals surface area contributed by atoms with E-state index in [-0.39, 0.29) is 25.0 Å². The molecule has 0 radical (unpaired) electrons. The van der Waals surface area contributed by atoms with Gasteiger partial charge in [-0.1, -0.05) is 23.7 Å². The van der Waals surface area contributed by atoms with E-state index in [0.717, 1.165) is 0 Å². The SMILES string of the molecule is OCc1cc2c(cc1OCc1cccc(Cl)c1F)OCO2. The van der Waals surface area contributed by atoms with Crippen LogP contribution in [0.15, 0.2) is 30.3 Å². The molecule has 1 heterocycles. The first-order valence-electron chi connectivity index (χ1n) is 6.28. The van der Waals surface area contributed by atoms with E-state index < -0.39 is 5.82 Å². The lowest BCUT2D eigenvalue weighted by Crippen LogP contribution is -2.01. The average molecular weight is 311 g/mol. The van der Waals surface area contributed by atoms with Crippen LogP contribution >= 0.6 is 11.6 Å². The Labute approximate surface area is 125 Å². The van der Waals surface area contributed by atoms with Crippen LogP contribution < -0.4 is 14.2 Å². The number of halogens is 2. The van der Waals surface area contributed by atoms with Gasteiger partial charge in [-0.3, -0.25) is 0 Å². The molecule has 1 N–H and O–H groups in total. The predicted octanol–water partition coefficient (Wildman–Crippen LogP) is 3.28. The zero-order valence-electron chi connectivity index (χ0n) is 10.9. The molecule has 0 saturated carbocycles. The Morgan fingerprint density at radius 3 is 2.71 bits per heavy atom. The van der Waals surface area contributed by atoms with Gasteiger partial charge in [0.05, 0.1) is 11.6 Å². The van der Waals surface area contributed by atoms with Gasteiger partial charge in [0, 0.05) is 17.2 Å². The van der Waals surface area contributed by atoms with E-state index >= 15 is 0 Å². The molecule has 110 valence electrons. The van der Waals surface area contributed by atoms with Gasteiger partial charge in [-0.05, 0) is 12.1 Å². The summed E-state index contributed by atoms with van der Waals surface area (Å²) >= 11 is 5.72. The van der Waals surface area contributed by atoms with E-state index in [9.17, 15) is 9.50 Å². The molecular formula is C15H12ClFO4. The van der Waals surface area contributed by atoms with Gasteiger partial charge < -0.3 is 19.3 Å². The third-order valence-electron chi connectivity index (χ3n) is 3.14. The predicted molar refractivity (Wildman–Crippen MR) is 74.2 cm³/mol. The van der Waals surface area contributed by atoms with Crippen molar-refractivity contribution in [2.45, 2.75) is 13.2 Å². The largest absolute Gasteiger partial charge is 0.488 e. The summed E-state index contributed by atoms with van der Waals surface area (Å²) in [4.78, 5) is 0. The van der Waals surface area contributed by atoms with Crippen molar-refractivity contribution in [3.63, 3.8) is 0 Å². The van der Waals surface area contributed by atoms with Crippen molar-refractivity contribution in [1.29, 1.82) is 0 Å². The van der Waals surface area contributed by atoms with E-state index in [1.54, 1.807) is 24.3 Å². The van der Waals surface area contributed by atoms with Crippen molar-refractivity contribution in [2.24, 2.45) is 0 Å². The van der Waals surface area contributed by atoms with Gasteiger partial charge in [0.2, 0.25) is 6.79 Å². The number of fused-ring (bicyclic) bond motifs is 1. The van der Waals surface area contributed by atoms with Crippen LogP contribution in [0.25, 0.3) is 0 Å². The van der Waals surface area contributed by atoms with Crippen LogP contribution in [-0.2, 0) is 13.2 Å². The third-order valence-corrected chi connectivity index (χ3v) is 3.43. The van der Waals surface area contributed by atoms with Gasteiger partial charge in [-0.2, -0.15) is 0 Å². The van der Waals surface area contributed by atoms with Gasteiger partial charge in [-0.15, -0.1) is 0 Å². The van der Waals surface area contributed by atoms with Crippen LogP contribution in [-0.4, -0.2) is 11.9 Å². The summed E-state index contributed by atoms with van der Waals surface area (Å²) in [5.41, 5.74) is 0.880. The summed E-state index contributed by atoms with van der Waals surface area (Å²) in [6.45, 7) is -0.0877.